The molecule has 1 saturated heterocycles. The molecule has 0 radical (unpaired) electrons. The van der Waals surface area contributed by atoms with Crippen molar-refractivity contribution in [2.45, 2.75) is 37.1 Å². The molecule has 1 aliphatic rings. The highest BCUT2D eigenvalue weighted by atomic mass is 32.2. The van der Waals surface area contributed by atoms with Crippen LogP contribution in [0.2, 0.25) is 0 Å². The average molecular weight is 523 g/mol. The van der Waals surface area contributed by atoms with E-state index in [1.54, 1.807) is 28.6 Å². The predicted octanol–water partition coefficient (Wildman–Crippen LogP) is 5.72. The molecule has 3 aromatic carbocycles. The Labute approximate surface area is 217 Å². The largest absolute Gasteiger partial charge is 0.497 e. The van der Waals surface area contributed by atoms with Crippen LogP contribution in [0.4, 0.5) is 4.39 Å². The fourth-order valence-corrected chi connectivity index (χ4v) is 7.14. The van der Waals surface area contributed by atoms with Gasteiger partial charge < -0.3 is 14.0 Å². The Balaban J connectivity index is 1.43. The Morgan fingerprint density at radius 2 is 1.70 bits per heavy atom. The summed E-state index contributed by atoms with van der Waals surface area (Å²) in [5, 5.41) is 1.17. The van der Waals surface area contributed by atoms with Gasteiger partial charge in [-0.05, 0) is 67.1 Å². The van der Waals surface area contributed by atoms with E-state index in [2.05, 4.69) is 23.6 Å². The number of benzene rings is 3. The summed E-state index contributed by atoms with van der Waals surface area (Å²) in [5.41, 5.74) is 4.41. The van der Waals surface area contributed by atoms with Crippen LogP contribution in [0, 0.1) is 12.7 Å². The van der Waals surface area contributed by atoms with Gasteiger partial charge in [-0.3, -0.25) is 0 Å². The van der Waals surface area contributed by atoms with Gasteiger partial charge in [-0.25, -0.2) is 12.8 Å². The molecule has 1 aromatic heterocycles. The van der Waals surface area contributed by atoms with Gasteiger partial charge in [0.05, 0.1) is 14.2 Å². The highest BCUT2D eigenvalue weighted by Crippen LogP contribution is 2.39. The molecule has 0 amide bonds. The first-order valence-corrected chi connectivity index (χ1v) is 13.8. The molecule has 194 valence electrons. The fourth-order valence-electron chi connectivity index (χ4n) is 5.50. The zero-order valence-electron chi connectivity index (χ0n) is 21.3. The van der Waals surface area contributed by atoms with Crippen LogP contribution in [-0.2, 0) is 16.6 Å². The zero-order chi connectivity index (χ0) is 26.2. The van der Waals surface area contributed by atoms with E-state index in [0.717, 1.165) is 16.8 Å². The first kappa shape index (κ1) is 25.3. The van der Waals surface area contributed by atoms with Crippen molar-refractivity contribution >= 4 is 20.9 Å². The number of sulfonamides is 1. The summed E-state index contributed by atoms with van der Waals surface area (Å²) in [7, 11) is -0.769. The van der Waals surface area contributed by atoms with E-state index in [-0.39, 0.29) is 16.6 Å². The van der Waals surface area contributed by atoms with E-state index in [9.17, 15) is 12.8 Å². The zero-order valence-corrected chi connectivity index (χ0v) is 22.1. The molecule has 0 N–H and O–H groups in total. The van der Waals surface area contributed by atoms with E-state index in [4.69, 9.17) is 9.47 Å². The number of para-hydroxylation sites is 1. The van der Waals surface area contributed by atoms with E-state index in [1.807, 2.05) is 18.2 Å². The van der Waals surface area contributed by atoms with Crippen LogP contribution in [0.25, 0.3) is 10.9 Å². The minimum Gasteiger partial charge on any atom is -0.497 e. The van der Waals surface area contributed by atoms with E-state index < -0.39 is 10.0 Å². The highest BCUT2D eigenvalue weighted by molar-refractivity contribution is 7.89. The summed E-state index contributed by atoms with van der Waals surface area (Å²) in [4.78, 5) is 0.121. The van der Waals surface area contributed by atoms with Crippen molar-refractivity contribution in [2.75, 3.05) is 27.3 Å². The number of fused-ring (bicyclic) bond motifs is 1. The van der Waals surface area contributed by atoms with Gasteiger partial charge >= 0.3 is 0 Å². The van der Waals surface area contributed by atoms with Crippen LogP contribution in [0.3, 0.4) is 0 Å². The molecule has 0 spiro atoms. The number of methoxy groups -OCH3 is 2. The van der Waals surface area contributed by atoms with Crippen molar-refractivity contribution in [3.8, 4) is 11.5 Å². The SMILES string of the molecule is COc1ccc(OC)c(S(=O)(=O)N2CCC(c3c(C)n(Cc4cccc(F)c4)c4ccccc34)CC2)c1. The van der Waals surface area contributed by atoms with Gasteiger partial charge in [0, 0.05) is 42.3 Å². The quantitative estimate of drug-likeness (QED) is 0.311. The van der Waals surface area contributed by atoms with Crippen LogP contribution in [0.1, 0.15) is 35.6 Å². The van der Waals surface area contributed by atoms with Crippen LogP contribution in [0.5, 0.6) is 11.5 Å². The molecule has 0 aliphatic carbocycles. The van der Waals surface area contributed by atoms with Gasteiger partial charge in [0.25, 0.3) is 0 Å². The Morgan fingerprint density at radius 1 is 0.946 bits per heavy atom. The molecular formula is C29H31FN2O4S. The molecule has 4 aromatic rings. The lowest BCUT2D eigenvalue weighted by Crippen LogP contribution is -2.38. The lowest BCUT2D eigenvalue weighted by atomic mass is 9.88. The number of nitrogens with zero attached hydrogens (tertiary/aromatic N) is 2. The Kier molecular flexibility index (Phi) is 6.96. The Morgan fingerprint density at radius 3 is 2.41 bits per heavy atom. The third-order valence-corrected chi connectivity index (χ3v) is 9.28. The lowest BCUT2D eigenvalue weighted by molar-refractivity contribution is 0.317. The number of hydrogen-bond acceptors (Lipinski definition) is 4. The third kappa shape index (κ3) is 4.71. The molecule has 0 atom stereocenters. The van der Waals surface area contributed by atoms with Gasteiger partial charge in [-0.1, -0.05) is 30.3 Å². The maximum Gasteiger partial charge on any atom is 0.246 e. The van der Waals surface area contributed by atoms with E-state index >= 15 is 0 Å². The van der Waals surface area contributed by atoms with Crippen molar-refractivity contribution < 1.29 is 22.3 Å². The number of piperidine rings is 1. The molecule has 37 heavy (non-hydrogen) atoms. The molecule has 0 bridgehead atoms. The summed E-state index contributed by atoms with van der Waals surface area (Å²) in [6.07, 6.45) is 1.42. The van der Waals surface area contributed by atoms with Crippen LogP contribution >= 0.6 is 0 Å². The summed E-state index contributed by atoms with van der Waals surface area (Å²) in [5.74, 6) is 0.751. The molecule has 8 heteroatoms. The number of ether oxygens (including phenoxy) is 2. The summed E-state index contributed by atoms with van der Waals surface area (Å²) in [6, 6.07) is 19.8. The van der Waals surface area contributed by atoms with E-state index in [1.165, 1.54) is 37.3 Å². The van der Waals surface area contributed by atoms with Gasteiger partial charge in [-0.2, -0.15) is 4.31 Å². The highest BCUT2D eigenvalue weighted by Gasteiger charge is 2.34. The van der Waals surface area contributed by atoms with Crippen LogP contribution in [-0.4, -0.2) is 44.6 Å². The summed E-state index contributed by atoms with van der Waals surface area (Å²) >= 11 is 0. The number of halogens is 1. The van der Waals surface area contributed by atoms with Crippen molar-refractivity contribution in [2.24, 2.45) is 0 Å². The molecule has 5 rings (SSSR count). The molecule has 1 fully saturated rings. The maximum atomic E-state index is 13.8. The van der Waals surface area contributed by atoms with Crippen molar-refractivity contribution in [1.29, 1.82) is 0 Å². The van der Waals surface area contributed by atoms with Crippen LogP contribution in [0.15, 0.2) is 71.6 Å². The lowest BCUT2D eigenvalue weighted by Gasteiger charge is -2.32. The molecule has 1 aliphatic heterocycles. The molecule has 0 unspecified atom stereocenters. The van der Waals surface area contributed by atoms with Gasteiger partial charge in [0.2, 0.25) is 10.0 Å². The number of aromatic nitrogens is 1. The second kappa shape index (κ2) is 10.2. The van der Waals surface area contributed by atoms with E-state index in [0.29, 0.717) is 44.0 Å². The first-order chi connectivity index (χ1) is 17.8. The smallest absolute Gasteiger partial charge is 0.246 e. The second-order valence-electron chi connectivity index (χ2n) is 9.43. The second-order valence-corrected chi connectivity index (χ2v) is 11.3. The van der Waals surface area contributed by atoms with Crippen molar-refractivity contribution in [1.82, 2.24) is 8.87 Å². The summed E-state index contributed by atoms with van der Waals surface area (Å²) in [6.45, 7) is 3.51. The topological polar surface area (TPSA) is 60.8 Å². The minimum atomic E-state index is -3.75. The Bertz CT molecular complexity index is 1540. The van der Waals surface area contributed by atoms with Crippen LogP contribution < -0.4 is 9.47 Å². The molecular weight excluding hydrogens is 491 g/mol. The third-order valence-electron chi connectivity index (χ3n) is 7.36. The standard InChI is InChI=1S/C29H31FN2O4S/c1-20-29(25-9-4-5-10-26(25)32(20)19-21-7-6-8-23(30)17-21)22-13-15-31(16-14-22)37(33,34)28-18-24(35-2)11-12-27(28)36-3/h4-12,17-18,22H,13-16,19H2,1-3H3. The summed E-state index contributed by atoms with van der Waals surface area (Å²) < 4.78 is 55.3. The average Bonchev–Trinajstić information content (AvgIpc) is 3.19. The Hall–Kier alpha value is -3.36. The number of hydrogen-bond donors (Lipinski definition) is 0. The molecule has 0 saturated carbocycles. The monoisotopic (exact) mass is 522 g/mol. The van der Waals surface area contributed by atoms with Crippen molar-refractivity contribution in [3.05, 3.63) is 89.4 Å². The normalized spacial score (nSPS) is 15.2. The van der Waals surface area contributed by atoms with Crippen molar-refractivity contribution in [3.63, 3.8) is 0 Å². The van der Waals surface area contributed by atoms with Gasteiger partial charge in [0.15, 0.2) is 0 Å². The van der Waals surface area contributed by atoms with Gasteiger partial charge in [-0.15, -0.1) is 0 Å². The van der Waals surface area contributed by atoms with Gasteiger partial charge in [0.1, 0.15) is 22.2 Å². The fraction of sp³-hybridized carbons (Fsp3) is 0.310. The first-order valence-electron chi connectivity index (χ1n) is 12.4. The molecule has 6 nitrogen and oxygen atoms in total. The maximum absolute atomic E-state index is 13.8. The predicted molar refractivity (Wildman–Crippen MR) is 142 cm³/mol. The molecule has 2 heterocycles. The minimum absolute atomic E-state index is 0.121. The number of rotatable bonds is 7.